The first-order chi connectivity index (χ1) is 13.0. The van der Waals surface area contributed by atoms with E-state index in [4.69, 9.17) is 13.8 Å². The maximum absolute atomic E-state index is 13.2. The van der Waals surface area contributed by atoms with Crippen LogP contribution in [-0.2, 0) is 11.3 Å². The van der Waals surface area contributed by atoms with Crippen LogP contribution in [0.4, 0.5) is 4.39 Å². The number of fused-ring (bicyclic) bond motifs is 1. The summed E-state index contributed by atoms with van der Waals surface area (Å²) in [6.45, 7) is 3.19. The summed E-state index contributed by atoms with van der Waals surface area (Å²) in [5.41, 5.74) is 1.97. The van der Waals surface area contributed by atoms with Gasteiger partial charge >= 0.3 is 5.97 Å². The molecule has 0 amide bonds. The number of carbonyl (C=O) groups is 1. The summed E-state index contributed by atoms with van der Waals surface area (Å²) >= 11 is 0. The molecule has 0 bridgehead atoms. The van der Waals surface area contributed by atoms with Gasteiger partial charge in [-0.15, -0.1) is 0 Å². The smallest absolute Gasteiger partial charge is 0.339 e. The van der Waals surface area contributed by atoms with Crippen LogP contribution in [0.3, 0.4) is 0 Å². The summed E-state index contributed by atoms with van der Waals surface area (Å²) < 4.78 is 28.6. The zero-order chi connectivity index (χ0) is 19.0. The molecule has 3 aromatic heterocycles. The van der Waals surface area contributed by atoms with Gasteiger partial charge in [0.25, 0.3) is 11.6 Å². The van der Waals surface area contributed by atoms with Crippen molar-refractivity contribution < 1.29 is 23.0 Å². The van der Waals surface area contributed by atoms with Crippen molar-refractivity contribution in [2.45, 2.75) is 20.5 Å². The molecule has 0 saturated carbocycles. The molecule has 136 valence electrons. The van der Waals surface area contributed by atoms with E-state index in [2.05, 4.69) is 20.3 Å². The van der Waals surface area contributed by atoms with Crippen LogP contribution >= 0.6 is 0 Å². The molecule has 4 rings (SSSR count). The van der Waals surface area contributed by atoms with Crippen molar-refractivity contribution in [3.05, 3.63) is 59.1 Å². The number of rotatable bonds is 4. The van der Waals surface area contributed by atoms with Gasteiger partial charge in [0.15, 0.2) is 12.4 Å². The third-order valence-corrected chi connectivity index (χ3v) is 3.87. The Kier molecular flexibility index (Phi) is 4.11. The fraction of sp³-hybridized carbons (Fsp3) is 0.167. The third kappa shape index (κ3) is 3.26. The van der Waals surface area contributed by atoms with E-state index in [0.717, 1.165) is 0 Å². The molecule has 27 heavy (non-hydrogen) atoms. The normalized spacial score (nSPS) is 11.1. The summed E-state index contributed by atoms with van der Waals surface area (Å²) in [4.78, 5) is 21.0. The van der Waals surface area contributed by atoms with E-state index in [9.17, 15) is 9.18 Å². The third-order valence-electron chi connectivity index (χ3n) is 3.87. The van der Waals surface area contributed by atoms with Crippen molar-refractivity contribution in [1.82, 2.24) is 20.3 Å². The van der Waals surface area contributed by atoms with Gasteiger partial charge in [-0.1, -0.05) is 10.3 Å². The Labute approximate surface area is 151 Å². The second kappa shape index (κ2) is 6.60. The highest BCUT2D eigenvalue weighted by molar-refractivity contribution is 6.04. The number of hydrogen-bond acceptors (Lipinski definition) is 8. The lowest BCUT2D eigenvalue weighted by atomic mass is 10.1. The zero-order valence-corrected chi connectivity index (χ0v) is 14.4. The SMILES string of the molecule is Cc1noc(COC(=O)c2cc(-c3ccc(F)cc3)nc3onc(C)c23)n1. The summed E-state index contributed by atoms with van der Waals surface area (Å²) in [6, 6.07) is 7.29. The lowest BCUT2D eigenvalue weighted by Crippen LogP contribution is -2.07. The fourth-order valence-corrected chi connectivity index (χ4v) is 2.63. The van der Waals surface area contributed by atoms with Gasteiger partial charge in [0.05, 0.1) is 22.3 Å². The van der Waals surface area contributed by atoms with Crippen LogP contribution in [0.5, 0.6) is 0 Å². The largest absolute Gasteiger partial charge is 0.452 e. The molecule has 4 aromatic rings. The first kappa shape index (κ1) is 16.8. The molecule has 3 heterocycles. The predicted octanol–water partition coefficient (Wildman–Crippen LogP) is 3.39. The second-order valence-corrected chi connectivity index (χ2v) is 5.82. The Balaban J connectivity index is 1.72. The molecule has 0 radical (unpaired) electrons. The van der Waals surface area contributed by atoms with E-state index in [1.54, 1.807) is 32.0 Å². The van der Waals surface area contributed by atoms with E-state index < -0.39 is 5.97 Å². The number of halogens is 1. The van der Waals surface area contributed by atoms with E-state index in [0.29, 0.717) is 28.2 Å². The number of ether oxygens (including phenoxy) is 1. The summed E-state index contributed by atoms with van der Waals surface area (Å²) in [5, 5.41) is 7.96. The second-order valence-electron chi connectivity index (χ2n) is 5.82. The highest BCUT2D eigenvalue weighted by Gasteiger charge is 2.21. The molecule has 0 aliphatic rings. The average molecular weight is 368 g/mol. The Morgan fingerprint density at radius 1 is 1.11 bits per heavy atom. The number of esters is 1. The molecular weight excluding hydrogens is 355 g/mol. The number of benzene rings is 1. The number of hydrogen-bond donors (Lipinski definition) is 0. The van der Waals surface area contributed by atoms with E-state index in [-0.39, 0.29) is 29.6 Å². The lowest BCUT2D eigenvalue weighted by Gasteiger charge is -2.06. The van der Waals surface area contributed by atoms with Crippen molar-refractivity contribution >= 4 is 17.1 Å². The van der Waals surface area contributed by atoms with Crippen LogP contribution in [0.15, 0.2) is 39.4 Å². The van der Waals surface area contributed by atoms with Gasteiger partial charge < -0.3 is 13.8 Å². The van der Waals surface area contributed by atoms with Crippen LogP contribution in [0.1, 0.15) is 27.8 Å². The number of carbonyl (C=O) groups excluding carboxylic acids is 1. The van der Waals surface area contributed by atoms with Crippen molar-refractivity contribution in [2.75, 3.05) is 0 Å². The van der Waals surface area contributed by atoms with E-state index in [1.807, 2.05) is 0 Å². The Morgan fingerprint density at radius 3 is 2.59 bits per heavy atom. The van der Waals surface area contributed by atoms with Gasteiger partial charge in [-0.3, -0.25) is 0 Å². The first-order valence-electron chi connectivity index (χ1n) is 8.00. The molecule has 9 heteroatoms. The molecule has 8 nitrogen and oxygen atoms in total. The molecule has 0 N–H and O–H groups in total. The molecule has 0 fully saturated rings. The molecule has 0 aliphatic carbocycles. The molecule has 0 spiro atoms. The topological polar surface area (TPSA) is 104 Å². The van der Waals surface area contributed by atoms with Gasteiger partial charge in [0, 0.05) is 5.56 Å². The molecule has 0 unspecified atom stereocenters. The van der Waals surface area contributed by atoms with Crippen LogP contribution in [-0.4, -0.2) is 26.3 Å². The van der Waals surface area contributed by atoms with Crippen molar-refractivity contribution in [2.24, 2.45) is 0 Å². The van der Waals surface area contributed by atoms with Crippen LogP contribution < -0.4 is 0 Å². The van der Waals surface area contributed by atoms with E-state index >= 15 is 0 Å². The van der Waals surface area contributed by atoms with Crippen LogP contribution in [0.25, 0.3) is 22.4 Å². The molecule has 1 aromatic carbocycles. The lowest BCUT2D eigenvalue weighted by molar-refractivity contribution is 0.0432. The monoisotopic (exact) mass is 368 g/mol. The highest BCUT2D eigenvalue weighted by atomic mass is 19.1. The Morgan fingerprint density at radius 2 is 1.89 bits per heavy atom. The fourth-order valence-electron chi connectivity index (χ4n) is 2.63. The summed E-state index contributed by atoms with van der Waals surface area (Å²) in [6.07, 6.45) is 0. The van der Waals surface area contributed by atoms with Crippen LogP contribution in [0, 0.1) is 19.7 Å². The minimum absolute atomic E-state index is 0.167. The highest BCUT2D eigenvalue weighted by Crippen LogP contribution is 2.27. The average Bonchev–Trinajstić information content (AvgIpc) is 3.25. The van der Waals surface area contributed by atoms with Gasteiger partial charge in [-0.05, 0) is 44.2 Å². The quantitative estimate of drug-likeness (QED) is 0.505. The first-order valence-corrected chi connectivity index (χ1v) is 8.00. The minimum atomic E-state index is -0.618. The number of aryl methyl sites for hydroxylation is 2. The van der Waals surface area contributed by atoms with Crippen molar-refractivity contribution in [3.8, 4) is 11.3 Å². The molecular formula is C18H13FN4O4. The predicted molar refractivity (Wildman–Crippen MR) is 90.1 cm³/mol. The van der Waals surface area contributed by atoms with Gasteiger partial charge in [-0.2, -0.15) is 4.98 Å². The number of pyridine rings is 1. The molecule has 0 atom stereocenters. The zero-order valence-electron chi connectivity index (χ0n) is 14.4. The van der Waals surface area contributed by atoms with Gasteiger partial charge in [-0.25, -0.2) is 14.2 Å². The standard InChI is InChI=1S/C18H13FN4O4/c1-9-16-13(18(24)25-8-15-20-10(2)23-26-15)7-14(21-17(16)27-22-9)11-3-5-12(19)6-4-11/h3-7H,8H2,1-2H3. The maximum Gasteiger partial charge on any atom is 0.339 e. The van der Waals surface area contributed by atoms with Crippen molar-refractivity contribution in [3.63, 3.8) is 0 Å². The van der Waals surface area contributed by atoms with Gasteiger partial charge in [0.1, 0.15) is 5.82 Å². The van der Waals surface area contributed by atoms with Crippen LogP contribution in [0.2, 0.25) is 0 Å². The number of nitrogens with zero attached hydrogens (tertiary/aromatic N) is 4. The minimum Gasteiger partial charge on any atom is -0.452 e. The number of aromatic nitrogens is 4. The molecule has 0 aliphatic heterocycles. The van der Waals surface area contributed by atoms with Gasteiger partial charge in [0.2, 0.25) is 0 Å². The summed E-state index contributed by atoms with van der Waals surface area (Å²) in [7, 11) is 0. The molecule has 0 saturated heterocycles. The van der Waals surface area contributed by atoms with Crippen molar-refractivity contribution in [1.29, 1.82) is 0 Å². The Bertz CT molecular complexity index is 1130. The Hall–Kier alpha value is -3.62. The van der Waals surface area contributed by atoms with E-state index in [1.165, 1.54) is 12.1 Å². The maximum atomic E-state index is 13.2. The summed E-state index contributed by atoms with van der Waals surface area (Å²) in [5.74, 6) is -0.356.